The average molecular weight is 366 g/mol. The number of nitrogens with zero attached hydrogens (tertiary/aromatic N) is 1. The highest BCUT2D eigenvalue weighted by atomic mass is 32.1. The molecule has 0 radical (unpaired) electrons. The van der Waals surface area contributed by atoms with E-state index in [0.29, 0.717) is 17.2 Å². The van der Waals surface area contributed by atoms with Gasteiger partial charge in [-0.15, -0.1) is 11.3 Å². The second-order valence-corrected chi connectivity index (χ2v) is 6.95. The molecule has 0 saturated heterocycles. The Hall–Kier alpha value is -2.86. The molecule has 0 aliphatic carbocycles. The van der Waals surface area contributed by atoms with E-state index < -0.39 is 0 Å². The van der Waals surface area contributed by atoms with Crippen LogP contribution in [0.5, 0.6) is 11.5 Å². The van der Waals surface area contributed by atoms with Gasteiger partial charge in [0, 0.05) is 23.6 Å². The third kappa shape index (κ3) is 4.03. The van der Waals surface area contributed by atoms with Gasteiger partial charge in [-0.2, -0.15) is 0 Å². The summed E-state index contributed by atoms with van der Waals surface area (Å²) in [7, 11) is 0. The maximum atomic E-state index is 12.3. The van der Waals surface area contributed by atoms with E-state index in [9.17, 15) is 4.79 Å². The van der Waals surface area contributed by atoms with Crippen LogP contribution in [0.25, 0.3) is 0 Å². The van der Waals surface area contributed by atoms with Crippen molar-refractivity contribution in [3.8, 4) is 11.5 Å². The zero-order valence-electron chi connectivity index (χ0n) is 14.1. The zero-order valence-corrected chi connectivity index (χ0v) is 14.9. The molecule has 1 aliphatic heterocycles. The predicted molar refractivity (Wildman–Crippen MR) is 101 cm³/mol. The summed E-state index contributed by atoms with van der Waals surface area (Å²) in [4.78, 5) is 16.8. The van der Waals surface area contributed by atoms with Crippen LogP contribution < -0.4 is 14.8 Å². The van der Waals surface area contributed by atoms with Crippen LogP contribution in [0.4, 0.5) is 5.69 Å². The van der Waals surface area contributed by atoms with E-state index in [1.54, 1.807) is 29.5 Å². The van der Waals surface area contributed by atoms with Crippen molar-refractivity contribution in [1.29, 1.82) is 0 Å². The number of nitrogens with one attached hydrogen (secondary N) is 1. The molecule has 0 saturated carbocycles. The minimum atomic E-state index is -0.0937. The van der Waals surface area contributed by atoms with Gasteiger partial charge in [-0.1, -0.05) is 30.3 Å². The van der Waals surface area contributed by atoms with Crippen molar-refractivity contribution in [2.24, 2.45) is 0 Å². The van der Waals surface area contributed by atoms with Crippen LogP contribution in [-0.4, -0.2) is 17.7 Å². The summed E-state index contributed by atoms with van der Waals surface area (Å²) >= 11 is 1.61. The summed E-state index contributed by atoms with van der Waals surface area (Å²) < 4.78 is 10.6. The molecule has 0 unspecified atom stereocenters. The van der Waals surface area contributed by atoms with Crippen molar-refractivity contribution in [3.63, 3.8) is 0 Å². The number of carbonyl (C=O) groups is 1. The third-order valence-electron chi connectivity index (χ3n) is 4.07. The van der Waals surface area contributed by atoms with Gasteiger partial charge in [-0.3, -0.25) is 4.79 Å². The Labute approximate surface area is 155 Å². The molecule has 4 rings (SSSR count). The standard InChI is InChI=1S/C20H18N2O3S/c23-19(21-15-7-8-17-18(10-15)25-13-24-17)11-16-12-26-20(22-16)9-6-14-4-2-1-3-5-14/h1-5,7-8,10,12H,6,9,11,13H2,(H,21,23). The number of carbonyl (C=O) groups excluding carboxylic acids is 1. The van der Waals surface area contributed by atoms with Gasteiger partial charge in [-0.25, -0.2) is 4.98 Å². The summed E-state index contributed by atoms with van der Waals surface area (Å²) in [6, 6.07) is 15.7. The highest BCUT2D eigenvalue weighted by Crippen LogP contribution is 2.34. The van der Waals surface area contributed by atoms with Gasteiger partial charge in [0.15, 0.2) is 11.5 Å². The minimum absolute atomic E-state index is 0.0937. The third-order valence-corrected chi connectivity index (χ3v) is 5.03. The number of thiazole rings is 1. The summed E-state index contributed by atoms with van der Waals surface area (Å²) in [6.07, 6.45) is 2.10. The SMILES string of the molecule is O=C(Cc1csc(CCc2ccccc2)n1)Nc1ccc2c(c1)OCO2. The number of aromatic nitrogens is 1. The van der Waals surface area contributed by atoms with Gasteiger partial charge < -0.3 is 14.8 Å². The zero-order chi connectivity index (χ0) is 17.8. The number of ether oxygens (including phenoxy) is 2. The smallest absolute Gasteiger partial charge is 0.231 e. The average Bonchev–Trinajstić information content (AvgIpc) is 3.29. The summed E-state index contributed by atoms with van der Waals surface area (Å²) in [5, 5.41) is 5.89. The van der Waals surface area contributed by atoms with Crippen LogP contribution in [0, 0.1) is 0 Å². The molecule has 6 heteroatoms. The Bertz CT molecular complexity index is 908. The lowest BCUT2D eigenvalue weighted by Crippen LogP contribution is -2.14. The number of hydrogen-bond acceptors (Lipinski definition) is 5. The van der Waals surface area contributed by atoms with E-state index in [1.165, 1.54) is 5.56 Å². The quantitative estimate of drug-likeness (QED) is 0.720. The fraction of sp³-hybridized carbons (Fsp3) is 0.200. The normalized spacial score (nSPS) is 12.2. The molecule has 3 aromatic rings. The summed E-state index contributed by atoms with van der Waals surface area (Å²) in [5.41, 5.74) is 2.79. The molecule has 2 heterocycles. The number of aryl methyl sites for hydroxylation is 2. The number of hydrogen-bond donors (Lipinski definition) is 1. The first kappa shape index (κ1) is 16.6. The van der Waals surface area contributed by atoms with Crippen molar-refractivity contribution in [2.45, 2.75) is 19.3 Å². The van der Waals surface area contributed by atoms with Crippen molar-refractivity contribution in [2.75, 3.05) is 12.1 Å². The molecule has 1 N–H and O–H groups in total. The molecular weight excluding hydrogens is 348 g/mol. The van der Waals surface area contributed by atoms with Crippen LogP contribution in [0.15, 0.2) is 53.9 Å². The van der Waals surface area contributed by atoms with E-state index in [0.717, 1.165) is 23.5 Å². The molecule has 0 atom stereocenters. The lowest BCUT2D eigenvalue weighted by molar-refractivity contribution is -0.115. The van der Waals surface area contributed by atoms with Crippen LogP contribution in [0.1, 0.15) is 16.3 Å². The van der Waals surface area contributed by atoms with Gasteiger partial charge in [0.25, 0.3) is 0 Å². The fourth-order valence-electron chi connectivity index (χ4n) is 2.78. The fourth-order valence-corrected chi connectivity index (χ4v) is 3.58. The molecule has 26 heavy (non-hydrogen) atoms. The van der Waals surface area contributed by atoms with Crippen LogP contribution >= 0.6 is 11.3 Å². The first-order valence-electron chi connectivity index (χ1n) is 8.43. The van der Waals surface area contributed by atoms with Gasteiger partial charge in [-0.05, 0) is 24.1 Å². The molecule has 1 aromatic heterocycles. The van der Waals surface area contributed by atoms with Crippen molar-refractivity contribution < 1.29 is 14.3 Å². The molecular formula is C20H18N2O3S. The molecule has 1 aliphatic rings. The van der Waals surface area contributed by atoms with E-state index in [-0.39, 0.29) is 19.1 Å². The highest BCUT2D eigenvalue weighted by molar-refractivity contribution is 7.09. The maximum absolute atomic E-state index is 12.3. The second kappa shape index (κ2) is 7.58. The number of anilines is 1. The van der Waals surface area contributed by atoms with Crippen LogP contribution in [-0.2, 0) is 24.1 Å². The van der Waals surface area contributed by atoms with E-state index in [2.05, 4.69) is 22.4 Å². The topological polar surface area (TPSA) is 60.5 Å². The minimum Gasteiger partial charge on any atom is -0.454 e. The summed E-state index contributed by atoms with van der Waals surface area (Å²) in [5.74, 6) is 1.26. The Balaban J connectivity index is 1.31. The van der Waals surface area contributed by atoms with Crippen molar-refractivity contribution in [3.05, 3.63) is 70.2 Å². The van der Waals surface area contributed by atoms with Gasteiger partial charge in [0.1, 0.15) is 0 Å². The van der Waals surface area contributed by atoms with E-state index in [1.807, 2.05) is 23.6 Å². The van der Waals surface area contributed by atoms with Crippen LogP contribution in [0.2, 0.25) is 0 Å². The highest BCUT2D eigenvalue weighted by Gasteiger charge is 2.14. The molecule has 0 spiro atoms. The lowest BCUT2D eigenvalue weighted by Gasteiger charge is -2.05. The number of benzene rings is 2. The Kier molecular flexibility index (Phi) is 4.84. The largest absolute Gasteiger partial charge is 0.454 e. The molecule has 132 valence electrons. The van der Waals surface area contributed by atoms with E-state index in [4.69, 9.17) is 9.47 Å². The van der Waals surface area contributed by atoms with Crippen LogP contribution in [0.3, 0.4) is 0 Å². The predicted octanol–water partition coefficient (Wildman–Crippen LogP) is 3.84. The number of rotatable bonds is 6. The number of fused-ring (bicyclic) bond motifs is 1. The Morgan fingerprint density at radius 1 is 1.08 bits per heavy atom. The Morgan fingerprint density at radius 3 is 2.81 bits per heavy atom. The molecule has 5 nitrogen and oxygen atoms in total. The molecule has 1 amide bonds. The first-order chi connectivity index (χ1) is 12.8. The lowest BCUT2D eigenvalue weighted by atomic mass is 10.1. The monoisotopic (exact) mass is 366 g/mol. The summed E-state index contributed by atoms with van der Waals surface area (Å²) in [6.45, 7) is 0.220. The molecule has 0 fully saturated rings. The van der Waals surface area contributed by atoms with E-state index >= 15 is 0 Å². The van der Waals surface area contributed by atoms with Gasteiger partial charge in [0.2, 0.25) is 12.7 Å². The molecule has 0 bridgehead atoms. The van der Waals surface area contributed by atoms with Crippen molar-refractivity contribution >= 4 is 22.9 Å². The Morgan fingerprint density at radius 2 is 1.92 bits per heavy atom. The van der Waals surface area contributed by atoms with Gasteiger partial charge >= 0.3 is 0 Å². The number of amides is 1. The first-order valence-corrected chi connectivity index (χ1v) is 9.31. The molecule has 2 aromatic carbocycles. The van der Waals surface area contributed by atoms with Gasteiger partial charge in [0.05, 0.1) is 17.1 Å². The maximum Gasteiger partial charge on any atom is 0.231 e. The van der Waals surface area contributed by atoms with Crippen molar-refractivity contribution in [1.82, 2.24) is 4.98 Å². The second-order valence-electron chi connectivity index (χ2n) is 6.01.